The fourth-order valence-corrected chi connectivity index (χ4v) is 2.97. The van der Waals surface area contributed by atoms with Crippen LogP contribution < -0.4 is 10.2 Å². The summed E-state index contributed by atoms with van der Waals surface area (Å²) >= 11 is 5.89. The van der Waals surface area contributed by atoms with Gasteiger partial charge in [0.2, 0.25) is 5.91 Å². The Hall–Kier alpha value is -2.53. The van der Waals surface area contributed by atoms with Crippen molar-refractivity contribution in [3.05, 3.63) is 58.6 Å². The highest BCUT2D eigenvalue weighted by Gasteiger charge is 2.30. The van der Waals surface area contributed by atoms with Crippen molar-refractivity contribution in [3.63, 3.8) is 0 Å². The summed E-state index contributed by atoms with van der Waals surface area (Å²) in [7, 11) is 0. The second-order valence-corrected chi connectivity index (χ2v) is 6.56. The van der Waals surface area contributed by atoms with E-state index in [0.29, 0.717) is 18.1 Å². The van der Waals surface area contributed by atoms with Gasteiger partial charge in [0.05, 0.1) is 0 Å². The molecule has 130 valence electrons. The summed E-state index contributed by atoms with van der Waals surface area (Å²) < 4.78 is 0. The number of rotatable bonds is 4. The van der Waals surface area contributed by atoms with Crippen LogP contribution in [0, 0.1) is 13.8 Å². The second kappa shape index (κ2) is 7.15. The summed E-state index contributed by atoms with van der Waals surface area (Å²) in [5.41, 5.74) is 3.72. The average Bonchev–Trinajstić information content (AvgIpc) is 2.93. The van der Waals surface area contributed by atoms with Gasteiger partial charge in [-0.1, -0.05) is 23.7 Å². The second-order valence-electron chi connectivity index (χ2n) is 6.13. The number of halogens is 1. The van der Waals surface area contributed by atoms with Crippen LogP contribution in [-0.2, 0) is 4.79 Å². The quantitative estimate of drug-likeness (QED) is 0.903. The maximum absolute atomic E-state index is 12.5. The van der Waals surface area contributed by atoms with E-state index in [9.17, 15) is 9.59 Å². The fraction of sp³-hybridized carbons (Fsp3) is 0.263. The molecule has 0 spiro atoms. The van der Waals surface area contributed by atoms with Gasteiger partial charge >= 0.3 is 6.03 Å². The van der Waals surface area contributed by atoms with Gasteiger partial charge in [-0.05, 0) is 55.3 Å². The zero-order valence-electron chi connectivity index (χ0n) is 14.3. The molecule has 1 saturated heterocycles. The van der Waals surface area contributed by atoms with Crippen molar-refractivity contribution in [2.45, 2.75) is 13.8 Å². The van der Waals surface area contributed by atoms with Gasteiger partial charge in [0.1, 0.15) is 6.54 Å². The number of benzene rings is 2. The van der Waals surface area contributed by atoms with Crippen LogP contribution in [0.4, 0.5) is 16.2 Å². The molecule has 3 rings (SSSR count). The van der Waals surface area contributed by atoms with Gasteiger partial charge in [0, 0.05) is 29.5 Å². The molecule has 0 aromatic heterocycles. The molecule has 0 atom stereocenters. The van der Waals surface area contributed by atoms with Crippen LogP contribution in [0.2, 0.25) is 5.02 Å². The summed E-state index contributed by atoms with van der Waals surface area (Å²) in [6.45, 7) is 5.07. The maximum atomic E-state index is 12.5. The molecular weight excluding hydrogens is 338 g/mol. The molecule has 0 radical (unpaired) electrons. The van der Waals surface area contributed by atoms with Crippen LogP contribution in [0.5, 0.6) is 0 Å². The van der Waals surface area contributed by atoms with Crippen molar-refractivity contribution in [1.82, 2.24) is 4.90 Å². The summed E-state index contributed by atoms with van der Waals surface area (Å²) in [6, 6.07) is 12.7. The zero-order chi connectivity index (χ0) is 18.0. The van der Waals surface area contributed by atoms with Crippen LogP contribution in [0.3, 0.4) is 0 Å². The molecule has 6 heteroatoms. The Morgan fingerprint density at radius 3 is 2.56 bits per heavy atom. The average molecular weight is 358 g/mol. The molecular formula is C19H20ClN3O2. The molecule has 25 heavy (non-hydrogen) atoms. The van der Waals surface area contributed by atoms with E-state index in [1.807, 2.05) is 32.0 Å². The van der Waals surface area contributed by atoms with Gasteiger partial charge < -0.3 is 10.2 Å². The summed E-state index contributed by atoms with van der Waals surface area (Å²) in [5.74, 6) is -0.194. The molecule has 5 nitrogen and oxygen atoms in total. The highest BCUT2D eigenvalue weighted by molar-refractivity contribution is 6.30. The Kier molecular flexibility index (Phi) is 4.95. The van der Waals surface area contributed by atoms with Crippen molar-refractivity contribution in [2.24, 2.45) is 0 Å². The van der Waals surface area contributed by atoms with Gasteiger partial charge in [-0.25, -0.2) is 4.79 Å². The lowest BCUT2D eigenvalue weighted by Crippen LogP contribution is -2.37. The minimum atomic E-state index is -0.194. The maximum Gasteiger partial charge on any atom is 0.325 e. The number of aryl methyl sites for hydroxylation is 1. The molecule has 1 aliphatic heterocycles. The van der Waals surface area contributed by atoms with Gasteiger partial charge in [-0.3, -0.25) is 9.69 Å². The molecule has 0 bridgehead atoms. The molecule has 0 unspecified atom stereocenters. The van der Waals surface area contributed by atoms with Crippen LogP contribution in [0.25, 0.3) is 0 Å². The first-order chi connectivity index (χ1) is 12.0. The van der Waals surface area contributed by atoms with Crippen molar-refractivity contribution in [3.8, 4) is 0 Å². The highest BCUT2D eigenvalue weighted by Crippen LogP contribution is 2.23. The lowest BCUT2D eigenvalue weighted by molar-refractivity contribution is -0.116. The number of amides is 3. The van der Waals surface area contributed by atoms with E-state index in [1.165, 1.54) is 0 Å². The van der Waals surface area contributed by atoms with E-state index in [2.05, 4.69) is 5.32 Å². The third-order valence-corrected chi connectivity index (χ3v) is 4.70. The lowest BCUT2D eigenvalue weighted by atomic mass is 10.1. The molecule has 2 aromatic rings. The third kappa shape index (κ3) is 3.77. The summed E-state index contributed by atoms with van der Waals surface area (Å²) in [5, 5.41) is 3.52. The van der Waals surface area contributed by atoms with Crippen LogP contribution in [0.1, 0.15) is 11.1 Å². The molecule has 2 aromatic carbocycles. The summed E-state index contributed by atoms with van der Waals surface area (Å²) in [6.07, 6.45) is 0. The topological polar surface area (TPSA) is 52.7 Å². The molecule has 0 aliphatic carbocycles. The van der Waals surface area contributed by atoms with E-state index < -0.39 is 0 Å². The number of nitrogens with one attached hydrogen (secondary N) is 1. The molecule has 3 amide bonds. The minimum Gasteiger partial charge on any atom is -0.324 e. The first kappa shape index (κ1) is 17.3. The van der Waals surface area contributed by atoms with Crippen molar-refractivity contribution >= 4 is 34.9 Å². The van der Waals surface area contributed by atoms with Gasteiger partial charge in [-0.15, -0.1) is 0 Å². The van der Waals surface area contributed by atoms with Crippen molar-refractivity contribution in [1.29, 1.82) is 0 Å². The Morgan fingerprint density at radius 2 is 1.84 bits per heavy atom. The number of hydrogen-bond donors (Lipinski definition) is 1. The number of urea groups is 1. The number of anilines is 2. The molecule has 1 N–H and O–H groups in total. The largest absolute Gasteiger partial charge is 0.325 e. The standard InChI is InChI=1S/C19H20ClN3O2/c1-13-4-3-5-17(14(13)2)21-18(24)12-22-10-11-23(19(22)25)16-8-6-15(20)7-9-16/h3-9H,10-12H2,1-2H3,(H,21,24). The lowest BCUT2D eigenvalue weighted by Gasteiger charge is -2.19. The number of hydrogen-bond acceptors (Lipinski definition) is 2. The summed E-state index contributed by atoms with van der Waals surface area (Å²) in [4.78, 5) is 28.1. The van der Waals surface area contributed by atoms with E-state index in [0.717, 1.165) is 22.5 Å². The van der Waals surface area contributed by atoms with E-state index in [4.69, 9.17) is 11.6 Å². The molecule has 1 heterocycles. The number of carbonyl (C=O) groups is 2. The van der Waals surface area contributed by atoms with Crippen molar-refractivity contribution in [2.75, 3.05) is 29.9 Å². The van der Waals surface area contributed by atoms with E-state index in [-0.39, 0.29) is 18.5 Å². The van der Waals surface area contributed by atoms with Crippen LogP contribution in [0.15, 0.2) is 42.5 Å². The Labute approximate surface area is 152 Å². The van der Waals surface area contributed by atoms with Crippen LogP contribution in [-0.4, -0.2) is 36.5 Å². The molecule has 1 fully saturated rings. The minimum absolute atomic E-state index is 0.0380. The van der Waals surface area contributed by atoms with Crippen molar-refractivity contribution < 1.29 is 9.59 Å². The Morgan fingerprint density at radius 1 is 1.12 bits per heavy atom. The molecule has 0 saturated carbocycles. The first-order valence-corrected chi connectivity index (χ1v) is 8.51. The predicted octanol–water partition coefficient (Wildman–Crippen LogP) is 3.84. The van der Waals surface area contributed by atoms with Gasteiger partial charge in [0.15, 0.2) is 0 Å². The fourth-order valence-electron chi connectivity index (χ4n) is 2.84. The number of carbonyl (C=O) groups excluding carboxylic acids is 2. The van der Waals surface area contributed by atoms with Gasteiger partial charge in [-0.2, -0.15) is 0 Å². The molecule has 1 aliphatic rings. The van der Waals surface area contributed by atoms with Crippen LogP contribution >= 0.6 is 11.6 Å². The van der Waals surface area contributed by atoms with Gasteiger partial charge in [0.25, 0.3) is 0 Å². The smallest absolute Gasteiger partial charge is 0.324 e. The normalized spacial score (nSPS) is 14.1. The zero-order valence-corrected chi connectivity index (χ0v) is 15.0. The monoisotopic (exact) mass is 357 g/mol. The Balaban J connectivity index is 1.63. The van der Waals surface area contributed by atoms with E-state index >= 15 is 0 Å². The Bertz CT molecular complexity index is 805. The first-order valence-electron chi connectivity index (χ1n) is 8.14. The SMILES string of the molecule is Cc1cccc(NC(=O)CN2CCN(c3ccc(Cl)cc3)C2=O)c1C. The predicted molar refractivity (Wildman–Crippen MR) is 100 cm³/mol. The highest BCUT2D eigenvalue weighted by atomic mass is 35.5. The number of nitrogens with zero attached hydrogens (tertiary/aromatic N) is 2. The third-order valence-electron chi connectivity index (χ3n) is 4.45. The van der Waals surface area contributed by atoms with E-state index in [1.54, 1.807) is 34.1 Å².